The molecule has 150 valence electrons. The highest BCUT2D eigenvalue weighted by atomic mass is 127. The van der Waals surface area contributed by atoms with Crippen LogP contribution in [0.15, 0.2) is 21.3 Å². The Kier molecular flexibility index (Phi) is 9.84. The van der Waals surface area contributed by atoms with E-state index < -0.39 is 10.0 Å². The van der Waals surface area contributed by atoms with Crippen molar-refractivity contribution in [1.29, 1.82) is 0 Å². The zero-order chi connectivity index (χ0) is 18.4. The number of sulfonamides is 1. The number of halogens is 1. The van der Waals surface area contributed by atoms with Crippen molar-refractivity contribution in [2.75, 3.05) is 33.2 Å². The van der Waals surface area contributed by atoms with E-state index in [1.165, 1.54) is 28.5 Å². The minimum Gasteiger partial charge on any atom is -0.351 e. The summed E-state index contributed by atoms with van der Waals surface area (Å²) in [5, 5.41) is 3.37. The fraction of sp³-hybridized carbons (Fsp3) is 0.706. The van der Waals surface area contributed by atoms with Crippen molar-refractivity contribution in [1.82, 2.24) is 14.5 Å². The lowest BCUT2D eigenvalue weighted by Crippen LogP contribution is -2.45. The Hall–Kier alpha value is -0.390. The Labute approximate surface area is 179 Å². The van der Waals surface area contributed by atoms with Crippen molar-refractivity contribution in [3.8, 4) is 0 Å². The van der Waals surface area contributed by atoms with E-state index >= 15 is 0 Å². The molecule has 9 heteroatoms. The number of piperidine rings is 1. The highest BCUT2D eigenvalue weighted by Crippen LogP contribution is 2.25. The van der Waals surface area contributed by atoms with Crippen molar-refractivity contribution in [3.05, 3.63) is 17.0 Å². The number of hydrogen-bond acceptors (Lipinski definition) is 4. The van der Waals surface area contributed by atoms with E-state index in [1.54, 1.807) is 13.1 Å². The molecule has 0 bridgehead atoms. The van der Waals surface area contributed by atoms with E-state index in [0.717, 1.165) is 29.8 Å². The summed E-state index contributed by atoms with van der Waals surface area (Å²) >= 11 is 1.33. The molecule has 0 unspecified atom stereocenters. The molecular weight excluding hydrogens is 483 g/mol. The number of hydrogen-bond donors (Lipinski definition) is 1. The van der Waals surface area contributed by atoms with Crippen molar-refractivity contribution in [2.24, 2.45) is 10.9 Å². The Morgan fingerprint density at radius 1 is 1.31 bits per heavy atom. The van der Waals surface area contributed by atoms with E-state index in [2.05, 4.69) is 22.1 Å². The third-order valence-corrected chi connectivity index (χ3v) is 8.25. The van der Waals surface area contributed by atoms with Crippen LogP contribution in [0.2, 0.25) is 0 Å². The summed E-state index contributed by atoms with van der Waals surface area (Å²) in [6.45, 7) is 9.63. The van der Waals surface area contributed by atoms with Crippen LogP contribution in [0.1, 0.15) is 38.5 Å². The van der Waals surface area contributed by atoms with Crippen LogP contribution in [0, 0.1) is 5.92 Å². The van der Waals surface area contributed by atoms with Crippen molar-refractivity contribution >= 4 is 51.3 Å². The molecule has 0 amide bonds. The molecule has 6 nitrogen and oxygen atoms in total. The van der Waals surface area contributed by atoms with Gasteiger partial charge in [0.1, 0.15) is 4.21 Å². The molecule has 1 aromatic heterocycles. The van der Waals surface area contributed by atoms with Gasteiger partial charge in [0.15, 0.2) is 5.96 Å². The summed E-state index contributed by atoms with van der Waals surface area (Å²) in [5.41, 5.74) is 0. The quantitative estimate of drug-likeness (QED) is 0.360. The summed E-state index contributed by atoms with van der Waals surface area (Å²) < 4.78 is 27.0. The first kappa shape index (κ1) is 23.6. The van der Waals surface area contributed by atoms with Crippen LogP contribution in [0.4, 0.5) is 0 Å². The van der Waals surface area contributed by atoms with Gasteiger partial charge in [-0.1, -0.05) is 20.8 Å². The van der Waals surface area contributed by atoms with E-state index in [-0.39, 0.29) is 24.0 Å². The molecule has 0 aromatic carbocycles. The first-order valence-electron chi connectivity index (χ1n) is 8.96. The smallest absolute Gasteiger partial charge is 0.252 e. The van der Waals surface area contributed by atoms with Gasteiger partial charge in [0.05, 0.1) is 6.54 Å². The maximum Gasteiger partial charge on any atom is 0.252 e. The van der Waals surface area contributed by atoms with Gasteiger partial charge in [-0.05, 0) is 30.9 Å². The Bertz CT molecular complexity index is 679. The van der Waals surface area contributed by atoms with Crippen LogP contribution in [-0.4, -0.2) is 56.8 Å². The third-order valence-electron chi connectivity index (χ3n) is 4.65. The summed E-state index contributed by atoms with van der Waals surface area (Å²) in [7, 11) is -1.57. The number of aliphatic imine (C=N–C) groups is 1. The first-order chi connectivity index (χ1) is 11.9. The number of likely N-dealkylation sites (tertiary alicyclic amines) is 1. The zero-order valence-electron chi connectivity index (χ0n) is 16.1. The lowest BCUT2D eigenvalue weighted by Gasteiger charge is -2.32. The molecule has 1 aromatic rings. The second-order valence-corrected chi connectivity index (χ2v) is 9.71. The molecule has 1 saturated heterocycles. The van der Waals surface area contributed by atoms with Gasteiger partial charge in [-0.25, -0.2) is 8.42 Å². The molecule has 26 heavy (non-hydrogen) atoms. The molecule has 0 saturated carbocycles. The number of nitrogens with zero attached hydrogens (tertiary/aromatic N) is 3. The standard InChI is InChI=1S/C17H30N4O2S2.HI/c1-5-21(6-2)25(22,23)16-8-7-15(24-16)13-19-17(18-4)20-11-9-14(3)10-12-20;/h7-8,14H,5-6,9-13H2,1-4H3,(H,18,19);1H. The average Bonchev–Trinajstić information content (AvgIpc) is 3.07. The van der Waals surface area contributed by atoms with Gasteiger partial charge in [0.2, 0.25) is 0 Å². The zero-order valence-corrected chi connectivity index (χ0v) is 20.0. The van der Waals surface area contributed by atoms with E-state index in [4.69, 9.17) is 0 Å². The summed E-state index contributed by atoms with van der Waals surface area (Å²) in [5.74, 6) is 1.67. The molecule has 1 fully saturated rings. The van der Waals surface area contributed by atoms with Gasteiger partial charge < -0.3 is 10.2 Å². The first-order valence-corrected chi connectivity index (χ1v) is 11.2. The fourth-order valence-corrected chi connectivity index (χ4v) is 5.91. The van der Waals surface area contributed by atoms with Crippen molar-refractivity contribution in [2.45, 2.75) is 44.4 Å². The van der Waals surface area contributed by atoms with Crippen LogP contribution >= 0.6 is 35.3 Å². The van der Waals surface area contributed by atoms with Crippen LogP contribution < -0.4 is 5.32 Å². The molecule has 0 aliphatic carbocycles. The molecule has 2 rings (SSSR count). The topological polar surface area (TPSA) is 65.0 Å². The highest BCUT2D eigenvalue weighted by molar-refractivity contribution is 14.0. The van der Waals surface area contributed by atoms with Crippen molar-refractivity contribution in [3.63, 3.8) is 0 Å². The van der Waals surface area contributed by atoms with Crippen LogP contribution in [0.5, 0.6) is 0 Å². The Morgan fingerprint density at radius 2 is 1.92 bits per heavy atom. The van der Waals surface area contributed by atoms with Gasteiger partial charge in [0.25, 0.3) is 10.0 Å². The molecule has 1 aliphatic rings. The molecule has 0 radical (unpaired) electrons. The second-order valence-electron chi connectivity index (χ2n) is 6.38. The molecule has 2 heterocycles. The monoisotopic (exact) mass is 514 g/mol. The normalized spacial score (nSPS) is 16.7. The van der Waals surface area contributed by atoms with Crippen LogP contribution in [0.25, 0.3) is 0 Å². The molecule has 1 N–H and O–H groups in total. The second kappa shape index (κ2) is 10.8. The number of rotatable bonds is 6. The number of guanidine groups is 1. The van der Waals surface area contributed by atoms with Crippen LogP contribution in [-0.2, 0) is 16.6 Å². The Balaban J connectivity index is 0.00000338. The van der Waals surface area contributed by atoms with Gasteiger partial charge in [-0.15, -0.1) is 35.3 Å². The number of thiophene rings is 1. The summed E-state index contributed by atoms with van der Waals surface area (Å²) in [6, 6.07) is 3.60. The summed E-state index contributed by atoms with van der Waals surface area (Å²) in [4.78, 5) is 7.65. The SMILES string of the molecule is CCN(CC)S(=O)(=O)c1ccc(CNC(=NC)N2CCC(C)CC2)s1.I. The maximum atomic E-state index is 12.6. The van der Waals surface area contributed by atoms with E-state index in [0.29, 0.717) is 23.8 Å². The largest absolute Gasteiger partial charge is 0.351 e. The van der Waals surface area contributed by atoms with Gasteiger partial charge in [-0.2, -0.15) is 4.31 Å². The van der Waals surface area contributed by atoms with Crippen LogP contribution in [0.3, 0.4) is 0 Å². The Morgan fingerprint density at radius 3 is 2.46 bits per heavy atom. The minimum absolute atomic E-state index is 0. The van der Waals surface area contributed by atoms with E-state index in [9.17, 15) is 8.42 Å². The predicted octanol–water partition coefficient (Wildman–Crippen LogP) is 3.20. The third kappa shape index (κ3) is 5.80. The lowest BCUT2D eigenvalue weighted by molar-refractivity contribution is 0.273. The average molecular weight is 514 g/mol. The molecule has 1 aliphatic heterocycles. The fourth-order valence-electron chi connectivity index (χ4n) is 3.00. The summed E-state index contributed by atoms with van der Waals surface area (Å²) in [6.07, 6.45) is 2.37. The molecule has 0 spiro atoms. The lowest BCUT2D eigenvalue weighted by atomic mass is 10.00. The number of nitrogens with one attached hydrogen (secondary N) is 1. The minimum atomic E-state index is -3.37. The molecular formula is C17H31IN4O2S2. The van der Waals surface area contributed by atoms with Gasteiger partial charge in [-0.3, -0.25) is 4.99 Å². The highest BCUT2D eigenvalue weighted by Gasteiger charge is 2.24. The maximum absolute atomic E-state index is 12.6. The molecule has 0 atom stereocenters. The van der Waals surface area contributed by atoms with Gasteiger partial charge in [0, 0.05) is 38.1 Å². The van der Waals surface area contributed by atoms with Gasteiger partial charge >= 0.3 is 0 Å². The van der Waals surface area contributed by atoms with Crippen molar-refractivity contribution < 1.29 is 8.42 Å². The predicted molar refractivity (Wildman–Crippen MR) is 120 cm³/mol. The van der Waals surface area contributed by atoms with E-state index in [1.807, 2.05) is 19.9 Å².